The van der Waals surface area contributed by atoms with E-state index in [4.69, 9.17) is 9.51 Å². The SMILES string of the molecule is CCc1onc(C)c1-c1cccc(C2CCN(C(=O)c3ccc(N(C)C)cc3)CC2)n1. The van der Waals surface area contributed by atoms with E-state index in [1.807, 2.05) is 61.2 Å². The van der Waals surface area contributed by atoms with Crippen molar-refractivity contribution < 1.29 is 9.32 Å². The van der Waals surface area contributed by atoms with Gasteiger partial charge in [0.05, 0.1) is 17.0 Å². The highest BCUT2D eigenvalue weighted by Crippen LogP contribution is 2.31. The van der Waals surface area contributed by atoms with E-state index in [1.165, 1.54) is 0 Å². The second-order valence-corrected chi connectivity index (χ2v) is 8.38. The van der Waals surface area contributed by atoms with Crippen LogP contribution in [0.4, 0.5) is 5.69 Å². The van der Waals surface area contributed by atoms with Crippen molar-refractivity contribution in [1.29, 1.82) is 0 Å². The first-order valence-electron chi connectivity index (χ1n) is 11.0. The predicted molar refractivity (Wildman–Crippen MR) is 122 cm³/mol. The van der Waals surface area contributed by atoms with Crippen molar-refractivity contribution >= 4 is 11.6 Å². The van der Waals surface area contributed by atoms with Crippen molar-refractivity contribution in [3.8, 4) is 11.3 Å². The van der Waals surface area contributed by atoms with Gasteiger partial charge in [-0.2, -0.15) is 0 Å². The number of piperidine rings is 1. The van der Waals surface area contributed by atoms with Crippen LogP contribution in [-0.2, 0) is 6.42 Å². The van der Waals surface area contributed by atoms with Crippen molar-refractivity contribution in [2.75, 3.05) is 32.1 Å². The fourth-order valence-corrected chi connectivity index (χ4v) is 4.27. The lowest BCUT2D eigenvalue weighted by molar-refractivity contribution is 0.0712. The standard InChI is InChI=1S/C25H30N4O2/c1-5-23-24(17(2)27-31-23)22-8-6-7-21(26-22)18-13-15-29(16-14-18)25(30)19-9-11-20(12-10-19)28(3)4/h6-12,18H,5,13-16H2,1-4H3. The molecule has 6 heteroatoms. The molecular weight excluding hydrogens is 388 g/mol. The number of aryl methyl sites for hydroxylation is 2. The number of carbonyl (C=O) groups is 1. The first-order chi connectivity index (χ1) is 15.0. The smallest absolute Gasteiger partial charge is 0.253 e. The maximum absolute atomic E-state index is 12.9. The Kier molecular flexibility index (Phi) is 6.07. The Morgan fingerprint density at radius 1 is 1.13 bits per heavy atom. The first kappa shape index (κ1) is 21.1. The molecule has 0 spiro atoms. The minimum atomic E-state index is 0.109. The number of carbonyl (C=O) groups excluding carboxylic acids is 1. The zero-order chi connectivity index (χ0) is 22.0. The van der Waals surface area contributed by atoms with Gasteiger partial charge in [0.25, 0.3) is 5.91 Å². The van der Waals surface area contributed by atoms with Crippen LogP contribution in [-0.4, -0.2) is 48.1 Å². The zero-order valence-electron chi connectivity index (χ0n) is 18.8. The monoisotopic (exact) mass is 418 g/mol. The van der Waals surface area contributed by atoms with Gasteiger partial charge >= 0.3 is 0 Å². The summed E-state index contributed by atoms with van der Waals surface area (Å²) in [6.45, 7) is 5.52. The third-order valence-corrected chi connectivity index (χ3v) is 6.11. The largest absolute Gasteiger partial charge is 0.378 e. The average molecular weight is 419 g/mol. The Hall–Kier alpha value is -3.15. The number of pyridine rings is 1. The molecular formula is C25H30N4O2. The van der Waals surface area contributed by atoms with Crippen LogP contribution in [0.25, 0.3) is 11.3 Å². The zero-order valence-corrected chi connectivity index (χ0v) is 18.8. The Labute approximate surface area is 183 Å². The molecule has 0 bridgehead atoms. The number of likely N-dealkylation sites (tertiary alicyclic amines) is 1. The third-order valence-electron chi connectivity index (χ3n) is 6.11. The van der Waals surface area contributed by atoms with E-state index in [0.29, 0.717) is 5.92 Å². The summed E-state index contributed by atoms with van der Waals surface area (Å²) < 4.78 is 5.45. The van der Waals surface area contributed by atoms with Crippen LogP contribution < -0.4 is 4.90 Å². The number of hydrogen-bond donors (Lipinski definition) is 0. The highest BCUT2D eigenvalue weighted by Gasteiger charge is 2.26. The minimum Gasteiger partial charge on any atom is -0.378 e. The Morgan fingerprint density at radius 2 is 1.84 bits per heavy atom. The van der Waals surface area contributed by atoms with Gasteiger partial charge in [0.2, 0.25) is 0 Å². The lowest BCUT2D eigenvalue weighted by atomic mass is 9.92. The van der Waals surface area contributed by atoms with Crippen LogP contribution in [0.1, 0.15) is 53.2 Å². The third kappa shape index (κ3) is 4.33. The van der Waals surface area contributed by atoms with Gasteiger partial charge in [-0.25, -0.2) is 0 Å². The van der Waals surface area contributed by atoms with Crippen LogP contribution in [0.15, 0.2) is 47.0 Å². The van der Waals surface area contributed by atoms with Gasteiger partial charge < -0.3 is 14.3 Å². The lowest BCUT2D eigenvalue weighted by Crippen LogP contribution is -2.38. The summed E-state index contributed by atoms with van der Waals surface area (Å²) >= 11 is 0. The molecule has 1 amide bonds. The molecule has 31 heavy (non-hydrogen) atoms. The maximum atomic E-state index is 12.9. The lowest BCUT2D eigenvalue weighted by Gasteiger charge is -2.32. The number of rotatable bonds is 5. The molecule has 1 aliphatic rings. The number of nitrogens with zero attached hydrogens (tertiary/aromatic N) is 4. The molecule has 2 aromatic heterocycles. The second-order valence-electron chi connectivity index (χ2n) is 8.38. The van der Waals surface area contributed by atoms with Gasteiger partial charge in [-0.05, 0) is 56.2 Å². The summed E-state index contributed by atoms with van der Waals surface area (Å²) in [5, 5.41) is 4.12. The van der Waals surface area contributed by atoms with E-state index in [9.17, 15) is 4.79 Å². The molecule has 0 N–H and O–H groups in total. The molecule has 3 aromatic rings. The van der Waals surface area contributed by atoms with Crippen molar-refractivity contribution in [2.24, 2.45) is 0 Å². The molecule has 0 saturated carbocycles. The Balaban J connectivity index is 1.44. The molecule has 3 heterocycles. The predicted octanol–water partition coefficient (Wildman–Crippen LogP) is 4.69. The molecule has 4 rings (SSSR count). The number of benzene rings is 1. The summed E-state index contributed by atoms with van der Waals surface area (Å²) in [6.07, 6.45) is 2.63. The van der Waals surface area contributed by atoms with Crippen molar-refractivity contribution in [3.05, 3.63) is 65.2 Å². The molecule has 162 valence electrons. The first-order valence-corrected chi connectivity index (χ1v) is 11.0. The maximum Gasteiger partial charge on any atom is 0.253 e. The summed E-state index contributed by atoms with van der Waals surface area (Å²) in [6, 6.07) is 14.0. The van der Waals surface area contributed by atoms with Gasteiger partial charge in [-0.3, -0.25) is 9.78 Å². The highest BCUT2D eigenvalue weighted by atomic mass is 16.5. The summed E-state index contributed by atoms with van der Waals surface area (Å²) in [4.78, 5) is 21.9. The molecule has 0 aliphatic carbocycles. The fourth-order valence-electron chi connectivity index (χ4n) is 4.27. The quantitative estimate of drug-likeness (QED) is 0.601. The van der Waals surface area contributed by atoms with Gasteiger partial charge in [0.1, 0.15) is 5.76 Å². The number of hydrogen-bond acceptors (Lipinski definition) is 5. The van der Waals surface area contributed by atoms with E-state index in [1.54, 1.807) is 0 Å². The molecule has 6 nitrogen and oxygen atoms in total. The van der Waals surface area contributed by atoms with E-state index >= 15 is 0 Å². The summed E-state index contributed by atoms with van der Waals surface area (Å²) in [7, 11) is 4.00. The minimum absolute atomic E-state index is 0.109. The Morgan fingerprint density at radius 3 is 2.48 bits per heavy atom. The molecule has 1 aliphatic heterocycles. The van der Waals surface area contributed by atoms with Crippen LogP contribution >= 0.6 is 0 Å². The normalized spacial score (nSPS) is 14.6. The molecule has 0 unspecified atom stereocenters. The highest BCUT2D eigenvalue weighted by molar-refractivity contribution is 5.94. The van der Waals surface area contributed by atoms with E-state index in [0.717, 1.165) is 72.0 Å². The van der Waals surface area contributed by atoms with Crippen LogP contribution in [0.3, 0.4) is 0 Å². The number of amides is 1. The van der Waals surface area contributed by atoms with Crippen LogP contribution in [0, 0.1) is 6.92 Å². The number of aromatic nitrogens is 2. The fraction of sp³-hybridized carbons (Fsp3) is 0.400. The van der Waals surface area contributed by atoms with E-state index < -0.39 is 0 Å². The molecule has 1 saturated heterocycles. The van der Waals surface area contributed by atoms with Crippen molar-refractivity contribution in [2.45, 2.75) is 39.0 Å². The topological polar surface area (TPSA) is 62.5 Å². The number of anilines is 1. The molecule has 1 fully saturated rings. The summed E-state index contributed by atoms with van der Waals surface area (Å²) in [5.74, 6) is 1.34. The Bertz CT molecular complexity index is 1050. The molecule has 1 aromatic carbocycles. The average Bonchev–Trinajstić information content (AvgIpc) is 3.19. The van der Waals surface area contributed by atoms with Gasteiger partial charge in [-0.15, -0.1) is 0 Å². The van der Waals surface area contributed by atoms with Gasteiger partial charge in [0.15, 0.2) is 0 Å². The van der Waals surface area contributed by atoms with Crippen molar-refractivity contribution in [1.82, 2.24) is 15.0 Å². The van der Waals surface area contributed by atoms with Gasteiger partial charge in [0, 0.05) is 56.5 Å². The van der Waals surface area contributed by atoms with Gasteiger partial charge in [-0.1, -0.05) is 18.1 Å². The van der Waals surface area contributed by atoms with Crippen molar-refractivity contribution in [3.63, 3.8) is 0 Å². The van der Waals surface area contributed by atoms with E-state index in [-0.39, 0.29) is 5.91 Å². The molecule has 0 atom stereocenters. The van der Waals surface area contributed by atoms with E-state index in [2.05, 4.69) is 24.2 Å². The second kappa shape index (κ2) is 8.92. The summed E-state index contributed by atoms with van der Waals surface area (Å²) in [5.41, 5.74) is 5.74. The van der Waals surface area contributed by atoms with Crippen LogP contribution in [0.5, 0.6) is 0 Å². The van der Waals surface area contributed by atoms with Crippen LogP contribution in [0.2, 0.25) is 0 Å². The molecule has 0 radical (unpaired) electrons.